The van der Waals surface area contributed by atoms with Gasteiger partial charge in [-0.3, -0.25) is 4.68 Å². The summed E-state index contributed by atoms with van der Waals surface area (Å²) >= 11 is 0. The molecule has 1 aromatic heterocycles. The van der Waals surface area contributed by atoms with Crippen molar-refractivity contribution in [2.45, 2.75) is 19.5 Å². The van der Waals surface area contributed by atoms with Gasteiger partial charge in [0, 0.05) is 29.4 Å². The summed E-state index contributed by atoms with van der Waals surface area (Å²) in [6.45, 7) is 2.11. The molecule has 1 atom stereocenters. The van der Waals surface area contributed by atoms with Gasteiger partial charge in [0.05, 0.1) is 12.7 Å². The predicted octanol–water partition coefficient (Wildman–Crippen LogP) is 2.23. The Morgan fingerprint density at radius 2 is 2.18 bits per heavy atom. The average molecular weight is 237 g/mol. The van der Waals surface area contributed by atoms with E-state index in [4.69, 9.17) is 5.73 Å². The monoisotopic (exact) mass is 237 g/mol. The third kappa shape index (κ3) is 2.68. The molecule has 0 radical (unpaired) electrons. The molecule has 0 bridgehead atoms. The van der Waals surface area contributed by atoms with Gasteiger partial charge < -0.3 is 5.73 Å². The molecule has 0 aliphatic rings. The summed E-state index contributed by atoms with van der Waals surface area (Å²) in [6.07, 6.45) is 3.40. The topological polar surface area (TPSA) is 43.8 Å². The van der Waals surface area contributed by atoms with Crippen LogP contribution in [0.4, 0.5) is 8.78 Å². The van der Waals surface area contributed by atoms with Crippen LogP contribution in [0.25, 0.3) is 0 Å². The highest BCUT2D eigenvalue weighted by molar-refractivity contribution is 5.19. The maximum atomic E-state index is 13.4. The average Bonchev–Trinajstić information content (AvgIpc) is 2.71. The Hall–Kier alpha value is -1.75. The lowest BCUT2D eigenvalue weighted by Crippen LogP contribution is -2.05. The zero-order chi connectivity index (χ0) is 12.4. The molecule has 0 saturated carbocycles. The summed E-state index contributed by atoms with van der Waals surface area (Å²) < 4.78 is 27.7. The van der Waals surface area contributed by atoms with E-state index in [1.54, 1.807) is 17.1 Å². The number of rotatable bonds is 3. The molecule has 0 amide bonds. The molecule has 3 nitrogen and oxygen atoms in total. The molecule has 5 heteroatoms. The molecule has 2 aromatic rings. The zero-order valence-corrected chi connectivity index (χ0v) is 9.40. The van der Waals surface area contributed by atoms with Crippen LogP contribution in [0.15, 0.2) is 30.6 Å². The van der Waals surface area contributed by atoms with Gasteiger partial charge in [0.25, 0.3) is 0 Å². The largest absolute Gasteiger partial charge is 0.324 e. The molecule has 0 fully saturated rings. The van der Waals surface area contributed by atoms with Crippen LogP contribution in [0.5, 0.6) is 0 Å². The minimum absolute atomic E-state index is 0.109. The van der Waals surface area contributed by atoms with Crippen LogP contribution in [-0.2, 0) is 6.54 Å². The van der Waals surface area contributed by atoms with Crippen molar-refractivity contribution in [1.29, 1.82) is 0 Å². The third-order valence-electron chi connectivity index (χ3n) is 2.53. The van der Waals surface area contributed by atoms with Crippen LogP contribution in [-0.4, -0.2) is 9.78 Å². The Morgan fingerprint density at radius 1 is 1.41 bits per heavy atom. The molecular weight excluding hydrogens is 224 g/mol. The molecule has 1 heterocycles. The lowest BCUT2D eigenvalue weighted by atomic mass is 10.2. The molecule has 0 spiro atoms. The number of nitrogens with zero attached hydrogens (tertiary/aromatic N) is 2. The molecule has 0 saturated heterocycles. The molecule has 2 N–H and O–H groups in total. The van der Waals surface area contributed by atoms with Crippen LogP contribution in [0.2, 0.25) is 0 Å². The molecular formula is C12H13F2N3. The lowest BCUT2D eigenvalue weighted by Gasteiger charge is -2.04. The lowest BCUT2D eigenvalue weighted by molar-refractivity contribution is 0.558. The number of benzene rings is 1. The van der Waals surface area contributed by atoms with Gasteiger partial charge in [-0.1, -0.05) is 6.07 Å². The first-order chi connectivity index (χ1) is 8.06. The fraction of sp³-hybridized carbons (Fsp3) is 0.250. The second-order valence-corrected chi connectivity index (χ2v) is 4.00. The van der Waals surface area contributed by atoms with E-state index in [-0.39, 0.29) is 12.6 Å². The van der Waals surface area contributed by atoms with E-state index in [1.807, 2.05) is 6.92 Å². The van der Waals surface area contributed by atoms with Crippen molar-refractivity contribution < 1.29 is 8.78 Å². The summed E-state index contributed by atoms with van der Waals surface area (Å²) in [4.78, 5) is 0. The number of halogens is 2. The first kappa shape index (κ1) is 11.7. The Morgan fingerprint density at radius 3 is 2.76 bits per heavy atom. The van der Waals surface area contributed by atoms with E-state index in [9.17, 15) is 8.78 Å². The standard InChI is InChI=1S/C12H13F2N3/c1-8(15)10-5-16-17(7-10)6-9-2-3-11(13)4-12(9)14/h2-5,7-8H,6,15H2,1H3. The highest BCUT2D eigenvalue weighted by Gasteiger charge is 2.07. The molecule has 2 rings (SSSR count). The normalized spacial score (nSPS) is 12.7. The maximum absolute atomic E-state index is 13.4. The molecule has 90 valence electrons. The maximum Gasteiger partial charge on any atom is 0.131 e. The Labute approximate surface area is 97.9 Å². The number of hydrogen-bond donors (Lipinski definition) is 1. The first-order valence-corrected chi connectivity index (χ1v) is 5.28. The Kier molecular flexibility index (Phi) is 3.19. The van der Waals surface area contributed by atoms with Gasteiger partial charge in [-0.15, -0.1) is 0 Å². The fourth-order valence-electron chi connectivity index (χ4n) is 1.53. The van der Waals surface area contributed by atoms with E-state index < -0.39 is 11.6 Å². The number of nitrogens with two attached hydrogens (primary N) is 1. The second-order valence-electron chi connectivity index (χ2n) is 4.00. The SMILES string of the molecule is CC(N)c1cnn(Cc2ccc(F)cc2F)c1. The van der Waals surface area contributed by atoms with Crippen molar-refractivity contribution >= 4 is 0 Å². The Balaban J connectivity index is 2.19. The van der Waals surface area contributed by atoms with E-state index in [0.29, 0.717) is 5.56 Å². The summed E-state index contributed by atoms with van der Waals surface area (Å²) in [5.74, 6) is -1.15. The van der Waals surface area contributed by atoms with Gasteiger partial charge in [-0.2, -0.15) is 5.10 Å². The highest BCUT2D eigenvalue weighted by Crippen LogP contribution is 2.13. The van der Waals surface area contributed by atoms with Crippen LogP contribution < -0.4 is 5.73 Å². The van der Waals surface area contributed by atoms with Crippen molar-refractivity contribution in [2.24, 2.45) is 5.73 Å². The van der Waals surface area contributed by atoms with Gasteiger partial charge in [0.1, 0.15) is 11.6 Å². The van der Waals surface area contributed by atoms with Crippen molar-refractivity contribution in [3.8, 4) is 0 Å². The smallest absolute Gasteiger partial charge is 0.131 e. The molecule has 0 aliphatic carbocycles. The quantitative estimate of drug-likeness (QED) is 0.889. The van der Waals surface area contributed by atoms with Crippen LogP contribution in [0.3, 0.4) is 0 Å². The van der Waals surface area contributed by atoms with Gasteiger partial charge in [0.15, 0.2) is 0 Å². The number of aromatic nitrogens is 2. The van der Waals surface area contributed by atoms with Crippen molar-refractivity contribution in [2.75, 3.05) is 0 Å². The van der Waals surface area contributed by atoms with E-state index in [1.165, 1.54) is 12.1 Å². The van der Waals surface area contributed by atoms with Crippen molar-refractivity contribution in [3.63, 3.8) is 0 Å². The summed E-state index contributed by atoms with van der Waals surface area (Å²) in [5.41, 5.74) is 6.97. The molecule has 1 aromatic carbocycles. The van der Waals surface area contributed by atoms with Gasteiger partial charge >= 0.3 is 0 Å². The second kappa shape index (κ2) is 4.63. The summed E-state index contributed by atoms with van der Waals surface area (Å²) in [5, 5.41) is 4.07. The fourth-order valence-corrected chi connectivity index (χ4v) is 1.53. The van der Waals surface area contributed by atoms with Crippen molar-refractivity contribution in [3.05, 3.63) is 53.4 Å². The van der Waals surface area contributed by atoms with Crippen LogP contribution in [0, 0.1) is 11.6 Å². The third-order valence-corrected chi connectivity index (χ3v) is 2.53. The minimum atomic E-state index is -0.581. The van der Waals surface area contributed by atoms with Gasteiger partial charge in [0.2, 0.25) is 0 Å². The van der Waals surface area contributed by atoms with E-state index in [0.717, 1.165) is 11.6 Å². The predicted molar refractivity (Wildman–Crippen MR) is 60.3 cm³/mol. The van der Waals surface area contributed by atoms with Gasteiger partial charge in [-0.25, -0.2) is 8.78 Å². The van der Waals surface area contributed by atoms with E-state index >= 15 is 0 Å². The zero-order valence-electron chi connectivity index (χ0n) is 9.40. The first-order valence-electron chi connectivity index (χ1n) is 5.28. The van der Waals surface area contributed by atoms with Gasteiger partial charge in [-0.05, 0) is 13.0 Å². The molecule has 1 unspecified atom stereocenters. The van der Waals surface area contributed by atoms with Crippen molar-refractivity contribution in [1.82, 2.24) is 9.78 Å². The van der Waals surface area contributed by atoms with E-state index in [2.05, 4.69) is 5.10 Å². The molecule has 17 heavy (non-hydrogen) atoms. The Bertz CT molecular complexity index is 520. The van der Waals surface area contributed by atoms with Crippen LogP contribution in [0.1, 0.15) is 24.1 Å². The van der Waals surface area contributed by atoms with Crippen LogP contribution >= 0.6 is 0 Å². The molecule has 0 aliphatic heterocycles. The highest BCUT2D eigenvalue weighted by atomic mass is 19.1. The number of hydrogen-bond acceptors (Lipinski definition) is 2. The minimum Gasteiger partial charge on any atom is -0.324 e. The summed E-state index contributed by atoms with van der Waals surface area (Å²) in [6, 6.07) is 3.40. The summed E-state index contributed by atoms with van der Waals surface area (Å²) in [7, 11) is 0.